The van der Waals surface area contributed by atoms with Crippen molar-refractivity contribution in [2.75, 3.05) is 11.9 Å². The molecule has 2 N–H and O–H groups in total. The van der Waals surface area contributed by atoms with Gasteiger partial charge in [-0.15, -0.1) is 0 Å². The summed E-state index contributed by atoms with van der Waals surface area (Å²) >= 11 is 0. The summed E-state index contributed by atoms with van der Waals surface area (Å²) in [5, 5.41) is 10.4. The molecule has 2 aromatic heterocycles. The molecule has 1 fully saturated rings. The number of ether oxygens (including phenoxy) is 1. The van der Waals surface area contributed by atoms with Gasteiger partial charge in [0.15, 0.2) is 0 Å². The first-order valence-electron chi connectivity index (χ1n) is 14.7. The Balaban J connectivity index is 1.37. The summed E-state index contributed by atoms with van der Waals surface area (Å²) in [5.74, 6) is 0. The fourth-order valence-corrected chi connectivity index (χ4v) is 7.56. The molecule has 1 saturated carbocycles. The second kappa shape index (κ2) is 9.46. The summed E-state index contributed by atoms with van der Waals surface area (Å²) in [7, 11) is -1.08. The van der Waals surface area contributed by atoms with Gasteiger partial charge in [0, 0.05) is 48.6 Å². The third-order valence-corrected chi connectivity index (χ3v) is 10.4. The van der Waals surface area contributed by atoms with E-state index in [0.29, 0.717) is 6.73 Å². The number of benzene rings is 1. The highest BCUT2D eigenvalue weighted by molar-refractivity contribution is 6.76. The van der Waals surface area contributed by atoms with Crippen molar-refractivity contribution in [3.63, 3.8) is 0 Å². The number of nitrogens with zero attached hydrogens (tertiary/aromatic N) is 2. The second-order valence-corrected chi connectivity index (χ2v) is 18.5. The van der Waals surface area contributed by atoms with Crippen LogP contribution < -0.4 is 5.32 Å². The Labute approximate surface area is 223 Å². The smallest absolute Gasteiger partial charge is 0.139 e. The summed E-state index contributed by atoms with van der Waals surface area (Å²) in [6.07, 6.45) is 12.9. The van der Waals surface area contributed by atoms with Gasteiger partial charge in [0.05, 0.1) is 5.69 Å². The van der Waals surface area contributed by atoms with E-state index in [1.807, 2.05) is 4.68 Å². The highest BCUT2D eigenvalue weighted by Gasteiger charge is 2.45. The van der Waals surface area contributed by atoms with Gasteiger partial charge >= 0.3 is 0 Å². The molecular formula is C31H44N4OSi. The van der Waals surface area contributed by atoms with E-state index in [1.54, 1.807) is 11.3 Å². The first-order valence-corrected chi connectivity index (χ1v) is 18.4. The number of hydrogen-bond donors (Lipinski definition) is 2. The number of allylic oxidation sites excluding steroid dienone is 2. The topological polar surface area (TPSA) is 54.9 Å². The molecule has 3 aromatic rings. The Kier molecular flexibility index (Phi) is 6.39. The number of nitrogens with one attached hydrogen (secondary N) is 2. The Morgan fingerprint density at radius 2 is 1.84 bits per heavy atom. The zero-order chi connectivity index (χ0) is 25.8. The monoisotopic (exact) mass is 516 g/mol. The Morgan fingerprint density at radius 1 is 1.05 bits per heavy atom. The molecule has 198 valence electrons. The average molecular weight is 517 g/mol. The van der Waals surface area contributed by atoms with Gasteiger partial charge in [-0.25, -0.2) is 4.68 Å². The number of aryl methyl sites for hydroxylation is 2. The number of H-pyrrole nitrogens is 1. The molecular weight excluding hydrogens is 472 g/mol. The molecule has 3 heterocycles. The third kappa shape index (κ3) is 4.50. The fraction of sp³-hybridized carbons (Fsp3) is 0.581. The molecule has 0 amide bonds. The molecule has 5 nitrogen and oxygen atoms in total. The minimum absolute atomic E-state index is 0.154. The highest BCUT2D eigenvalue weighted by Crippen LogP contribution is 2.55. The second-order valence-electron chi connectivity index (χ2n) is 12.9. The van der Waals surface area contributed by atoms with Gasteiger partial charge in [-0.1, -0.05) is 46.3 Å². The largest absolute Gasteiger partial charge is 0.360 e. The van der Waals surface area contributed by atoms with Gasteiger partial charge in [-0.05, 0) is 85.4 Å². The van der Waals surface area contributed by atoms with E-state index in [-0.39, 0.29) is 5.41 Å². The van der Waals surface area contributed by atoms with Crippen LogP contribution in [-0.2, 0) is 29.7 Å². The predicted octanol–water partition coefficient (Wildman–Crippen LogP) is 8.14. The normalized spacial score (nSPS) is 18.0. The number of aromatic nitrogens is 3. The lowest BCUT2D eigenvalue weighted by Crippen LogP contribution is -2.26. The van der Waals surface area contributed by atoms with Gasteiger partial charge in [0.2, 0.25) is 0 Å². The number of fused-ring (bicyclic) bond motifs is 6. The molecule has 2 aliphatic carbocycles. The minimum Gasteiger partial charge on any atom is -0.360 e. The molecule has 3 aliphatic rings. The SMILES string of the molecule is CCCC1(CCC)C(=C2CC2)Nc2cc3c4c([nH]c3cc21)-c1nn(COCC[Si](C)(C)C)cc1CCC4. The van der Waals surface area contributed by atoms with Crippen LogP contribution in [-0.4, -0.2) is 29.4 Å². The van der Waals surface area contributed by atoms with Crippen LogP contribution in [0, 0.1) is 0 Å². The quantitative estimate of drug-likeness (QED) is 0.223. The van der Waals surface area contributed by atoms with Crippen LogP contribution in [0.1, 0.15) is 75.5 Å². The molecule has 6 rings (SSSR count). The van der Waals surface area contributed by atoms with Crippen molar-refractivity contribution in [2.24, 2.45) is 0 Å². The standard InChI is InChI=1S/C31H44N4OSi/c1-6-13-31(14-7-2)25-18-26-24(17-27(25)33-30(31)21-11-12-21)23-10-8-9-22-19-35(34-28(22)29(23)32-26)20-36-15-16-37(3,4)5/h17-19,32-33H,6-16,20H2,1-5H3. The molecule has 1 aromatic carbocycles. The molecule has 37 heavy (non-hydrogen) atoms. The van der Waals surface area contributed by atoms with Crippen molar-refractivity contribution in [3.05, 3.63) is 46.3 Å². The summed E-state index contributed by atoms with van der Waals surface area (Å²) in [5.41, 5.74) is 12.6. The Hall–Kier alpha value is -2.31. The first-order chi connectivity index (χ1) is 17.8. The average Bonchev–Trinajstić information content (AvgIpc) is 3.47. The zero-order valence-corrected chi connectivity index (χ0v) is 24.5. The van der Waals surface area contributed by atoms with Crippen LogP contribution in [0.25, 0.3) is 22.3 Å². The maximum absolute atomic E-state index is 6.02. The fourth-order valence-electron chi connectivity index (χ4n) is 6.80. The third-order valence-electron chi connectivity index (χ3n) is 8.67. The van der Waals surface area contributed by atoms with Crippen molar-refractivity contribution in [1.29, 1.82) is 0 Å². The lowest BCUT2D eigenvalue weighted by Gasteiger charge is -2.31. The van der Waals surface area contributed by atoms with Crippen LogP contribution in [0.4, 0.5) is 5.69 Å². The maximum atomic E-state index is 6.02. The van der Waals surface area contributed by atoms with E-state index in [1.165, 1.54) is 83.5 Å². The van der Waals surface area contributed by atoms with Crippen LogP contribution in [0.2, 0.25) is 25.7 Å². The van der Waals surface area contributed by atoms with E-state index >= 15 is 0 Å². The van der Waals surface area contributed by atoms with E-state index in [4.69, 9.17) is 9.84 Å². The van der Waals surface area contributed by atoms with Crippen molar-refractivity contribution in [3.8, 4) is 11.4 Å². The van der Waals surface area contributed by atoms with E-state index in [0.717, 1.165) is 31.6 Å². The van der Waals surface area contributed by atoms with E-state index in [9.17, 15) is 0 Å². The van der Waals surface area contributed by atoms with Crippen molar-refractivity contribution < 1.29 is 4.74 Å². The molecule has 0 bridgehead atoms. The Morgan fingerprint density at radius 3 is 2.54 bits per heavy atom. The van der Waals surface area contributed by atoms with Gasteiger partial charge in [0.1, 0.15) is 12.4 Å². The van der Waals surface area contributed by atoms with Crippen LogP contribution >= 0.6 is 0 Å². The van der Waals surface area contributed by atoms with Crippen molar-refractivity contribution in [2.45, 2.75) is 109 Å². The number of anilines is 1. The molecule has 0 unspecified atom stereocenters. The number of aromatic amines is 1. The highest BCUT2D eigenvalue weighted by atomic mass is 28.3. The molecule has 0 saturated heterocycles. The van der Waals surface area contributed by atoms with Crippen LogP contribution in [0.15, 0.2) is 29.6 Å². The van der Waals surface area contributed by atoms with Crippen LogP contribution in [0.5, 0.6) is 0 Å². The molecule has 6 heteroatoms. The summed E-state index contributed by atoms with van der Waals surface area (Å²) in [4.78, 5) is 3.87. The van der Waals surface area contributed by atoms with Gasteiger partial charge in [-0.2, -0.15) is 5.10 Å². The van der Waals surface area contributed by atoms with Crippen molar-refractivity contribution >= 4 is 24.7 Å². The predicted molar refractivity (Wildman–Crippen MR) is 157 cm³/mol. The number of rotatable bonds is 9. The summed E-state index contributed by atoms with van der Waals surface area (Å²) in [6, 6.07) is 6.13. The molecule has 1 aliphatic heterocycles. The maximum Gasteiger partial charge on any atom is 0.139 e. The van der Waals surface area contributed by atoms with Gasteiger partial charge < -0.3 is 15.0 Å². The molecule has 0 spiro atoms. The molecule has 0 atom stereocenters. The summed E-state index contributed by atoms with van der Waals surface area (Å²) < 4.78 is 8.03. The minimum atomic E-state index is -1.08. The van der Waals surface area contributed by atoms with Gasteiger partial charge in [0.25, 0.3) is 0 Å². The first kappa shape index (κ1) is 25.0. The molecule has 0 radical (unpaired) electrons. The lowest BCUT2D eigenvalue weighted by molar-refractivity contribution is 0.0786. The Bertz CT molecular complexity index is 1340. The number of hydrogen-bond acceptors (Lipinski definition) is 3. The van der Waals surface area contributed by atoms with Crippen LogP contribution in [0.3, 0.4) is 0 Å². The van der Waals surface area contributed by atoms with Gasteiger partial charge in [-0.3, -0.25) is 0 Å². The summed E-state index contributed by atoms with van der Waals surface area (Å²) in [6.45, 7) is 13.2. The zero-order valence-electron chi connectivity index (χ0n) is 23.5. The van der Waals surface area contributed by atoms with Crippen molar-refractivity contribution in [1.82, 2.24) is 14.8 Å². The van der Waals surface area contributed by atoms with E-state index in [2.05, 4.69) is 62.1 Å². The lowest BCUT2D eigenvalue weighted by atomic mass is 9.72. The van der Waals surface area contributed by atoms with E-state index < -0.39 is 8.07 Å².